The summed E-state index contributed by atoms with van der Waals surface area (Å²) in [6, 6.07) is 10.8. The van der Waals surface area contributed by atoms with Gasteiger partial charge in [-0.15, -0.1) is 0 Å². The van der Waals surface area contributed by atoms with E-state index in [1.165, 1.54) is 12.0 Å². The van der Waals surface area contributed by atoms with Gasteiger partial charge in [0.25, 0.3) is 0 Å². The molecule has 0 radical (unpaired) electrons. The number of hydrogen-bond acceptors (Lipinski definition) is 4. The zero-order valence-corrected chi connectivity index (χ0v) is 17.0. The molecule has 2 heterocycles. The van der Waals surface area contributed by atoms with Crippen LogP contribution in [0, 0.1) is 0 Å². The molecule has 0 saturated carbocycles. The van der Waals surface area contributed by atoms with E-state index in [0.717, 1.165) is 58.5 Å². The maximum Gasteiger partial charge on any atom is 0.222 e. The van der Waals surface area contributed by atoms with Crippen molar-refractivity contribution in [2.45, 2.75) is 37.6 Å². The lowest BCUT2D eigenvalue weighted by atomic mass is 9.86. The molecule has 0 aromatic heterocycles. The van der Waals surface area contributed by atoms with Gasteiger partial charge in [-0.05, 0) is 44.8 Å². The Hall–Kier alpha value is -1.43. The summed E-state index contributed by atoms with van der Waals surface area (Å²) in [4.78, 5) is 19.6. The Morgan fingerprint density at radius 2 is 1.89 bits per heavy atom. The van der Waals surface area contributed by atoms with Crippen molar-refractivity contribution in [1.29, 1.82) is 0 Å². The van der Waals surface area contributed by atoms with E-state index in [9.17, 15) is 4.79 Å². The lowest BCUT2D eigenvalue weighted by Crippen LogP contribution is -2.61. The molecule has 0 aliphatic carbocycles. The molecule has 150 valence electrons. The van der Waals surface area contributed by atoms with Crippen molar-refractivity contribution in [3.63, 3.8) is 0 Å². The zero-order valence-electron chi connectivity index (χ0n) is 17.0. The van der Waals surface area contributed by atoms with Crippen molar-refractivity contribution in [3.05, 3.63) is 35.9 Å². The van der Waals surface area contributed by atoms with Crippen LogP contribution in [-0.4, -0.2) is 86.2 Å². The first-order chi connectivity index (χ1) is 13.1. The first-order valence-corrected chi connectivity index (χ1v) is 10.4. The number of likely N-dealkylation sites (N-methyl/N-ethyl adjacent to an activating group) is 1. The van der Waals surface area contributed by atoms with Gasteiger partial charge in [0.05, 0.1) is 6.61 Å². The van der Waals surface area contributed by atoms with Crippen LogP contribution in [0.5, 0.6) is 0 Å². The van der Waals surface area contributed by atoms with E-state index >= 15 is 0 Å². The Morgan fingerprint density at radius 3 is 2.67 bits per heavy atom. The van der Waals surface area contributed by atoms with Crippen molar-refractivity contribution in [2.24, 2.45) is 0 Å². The highest BCUT2D eigenvalue weighted by molar-refractivity contribution is 5.76. The van der Waals surface area contributed by atoms with Crippen LogP contribution in [0.15, 0.2) is 30.3 Å². The number of piperazine rings is 1. The second-order valence-electron chi connectivity index (χ2n) is 8.13. The molecule has 5 nitrogen and oxygen atoms in total. The van der Waals surface area contributed by atoms with Crippen molar-refractivity contribution in [1.82, 2.24) is 14.7 Å². The van der Waals surface area contributed by atoms with E-state index in [1.54, 1.807) is 7.11 Å². The average Bonchev–Trinajstić information content (AvgIpc) is 2.84. The highest BCUT2D eigenvalue weighted by Crippen LogP contribution is 2.32. The molecular formula is C22H35N3O2. The fourth-order valence-electron chi connectivity index (χ4n) is 4.56. The predicted octanol–water partition coefficient (Wildman–Crippen LogP) is 2.26. The third-order valence-corrected chi connectivity index (χ3v) is 6.43. The van der Waals surface area contributed by atoms with Crippen LogP contribution in [0.4, 0.5) is 0 Å². The standard InChI is InChI=1S/C22H35N3O2/c1-23-15-16-24(13-6-9-20-7-4-3-5-8-20)19-22(23)11-10-21(26)25(14-12-22)17-18-27-2/h3-5,7-8H,6,9-19H2,1-2H3/t22-/m1/s1. The molecule has 1 aromatic carbocycles. The number of ether oxygens (including phenoxy) is 1. The van der Waals surface area contributed by atoms with Gasteiger partial charge in [0.1, 0.15) is 0 Å². The van der Waals surface area contributed by atoms with Gasteiger partial charge in [0.2, 0.25) is 5.91 Å². The van der Waals surface area contributed by atoms with Crippen LogP contribution in [0.3, 0.4) is 0 Å². The largest absolute Gasteiger partial charge is 0.383 e. The van der Waals surface area contributed by atoms with Crippen LogP contribution in [-0.2, 0) is 16.0 Å². The van der Waals surface area contributed by atoms with Gasteiger partial charge in [-0.1, -0.05) is 30.3 Å². The second kappa shape index (κ2) is 9.67. The Bertz CT molecular complexity index is 594. The maximum absolute atomic E-state index is 12.5. The highest BCUT2D eigenvalue weighted by atomic mass is 16.5. The number of hydrogen-bond donors (Lipinski definition) is 0. The molecule has 2 saturated heterocycles. The topological polar surface area (TPSA) is 36.0 Å². The first-order valence-electron chi connectivity index (χ1n) is 10.4. The minimum absolute atomic E-state index is 0.141. The number of nitrogens with zero attached hydrogens (tertiary/aromatic N) is 3. The van der Waals surface area contributed by atoms with Crippen LogP contribution < -0.4 is 0 Å². The highest BCUT2D eigenvalue weighted by Gasteiger charge is 2.41. The summed E-state index contributed by atoms with van der Waals surface area (Å²) < 4.78 is 5.18. The second-order valence-corrected chi connectivity index (χ2v) is 8.13. The zero-order chi connectivity index (χ0) is 19.1. The predicted molar refractivity (Wildman–Crippen MR) is 109 cm³/mol. The molecule has 1 atom stereocenters. The molecule has 0 unspecified atom stereocenters. The van der Waals surface area contributed by atoms with E-state index in [4.69, 9.17) is 4.74 Å². The van der Waals surface area contributed by atoms with Crippen LogP contribution in [0.25, 0.3) is 0 Å². The fourth-order valence-corrected chi connectivity index (χ4v) is 4.56. The SMILES string of the molecule is COCCN1CC[C@]2(CCC1=O)CN(CCCc1ccccc1)CCN2C. The Kier molecular flexibility index (Phi) is 7.27. The number of aryl methyl sites for hydroxylation is 1. The molecule has 1 spiro atoms. The van der Waals surface area contributed by atoms with Gasteiger partial charge >= 0.3 is 0 Å². The molecule has 1 aromatic rings. The minimum Gasteiger partial charge on any atom is -0.383 e. The molecule has 2 aliphatic rings. The summed E-state index contributed by atoms with van der Waals surface area (Å²) in [6.45, 7) is 6.65. The Labute approximate surface area is 164 Å². The summed E-state index contributed by atoms with van der Waals surface area (Å²) in [5.41, 5.74) is 1.57. The molecule has 2 fully saturated rings. The molecule has 2 aliphatic heterocycles. The lowest BCUT2D eigenvalue weighted by Gasteiger charge is -2.49. The molecule has 1 amide bonds. The number of carbonyl (C=O) groups excluding carboxylic acids is 1. The number of benzene rings is 1. The van der Waals surface area contributed by atoms with Crippen LogP contribution in [0.2, 0.25) is 0 Å². The van der Waals surface area contributed by atoms with E-state index in [2.05, 4.69) is 47.2 Å². The van der Waals surface area contributed by atoms with Crippen molar-refractivity contribution >= 4 is 5.91 Å². The minimum atomic E-state index is 0.141. The first kappa shape index (κ1) is 20.3. The Balaban J connectivity index is 1.55. The smallest absolute Gasteiger partial charge is 0.222 e. The van der Waals surface area contributed by atoms with Crippen molar-refractivity contribution in [3.8, 4) is 0 Å². The maximum atomic E-state index is 12.5. The van der Waals surface area contributed by atoms with Gasteiger partial charge in [-0.3, -0.25) is 9.69 Å². The van der Waals surface area contributed by atoms with E-state index < -0.39 is 0 Å². The van der Waals surface area contributed by atoms with E-state index in [-0.39, 0.29) is 5.54 Å². The quantitative estimate of drug-likeness (QED) is 0.735. The van der Waals surface area contributed by atoms with Gasteiger partial charge < -0.3 is 14.5 Å². The van der Waals surface area contributed by atoms with Gasteiger partial charge in [-0.25, -0.2) is 0 Å². The monoisotopic (exact) mass is 373 g/mol. The van der Waals surface area contributed by atoms with Crippen molar-refractivity contribution in [2.75, 3.05) is 60.0 Å². The van der Waals surface area contributed by atoms with Crippen LogP contribution in [0.1, 0.15) is 31.2 Å². The number of amides is 1. The third-order valence-electron chi connectivity index (χ3n) is 6.43. The molecule has 27 heavy (non-hydrogen) atoms. The normalized spacial score (nSPS) is 25.1. The average molecular weight is 374 g/mol. The summed E-state index contributed by atoms with van der Waals surface area (Å²) in [7, 11) is 3.95. The lowest BCUT2D eigenvalue weighted by molar-refractivity contribution is -0.131. The summed E-state index contributed by atoms with van der Waals surface area (Å²) in [5, 5.41) is 0. The van der Waals surface area contributed by atoms with Gasteiger partial charge in [0, 0.05) is 51.8 Å². The summed E-state index contributed by atoms with van der Waals surface area (Å²) >= 11 is 0. The fraction of sp³-hybridized carbons (Fsp3) is 0.682. The molecule has 3 rings (SSSR count). The number of methoxy groups -OCH3 is 1. The molecular weight excluding hydrogens is 338 g/mol. The number of carbonyl (C=O) groups is 1. The van der Waals surface area contributed by atoms with Crippen molar-refractivity contribution < 1.29 is 9.53 Å². The third kappa shape index (κ3) is 5.31. The number of likely N-dealkylation sites (tertiary alicyclic amines) is 1. The van der Waals surface area contributed by atoms with Gasteiger partial charge in [0.15, 0.2) is 0 Å². The van der Waals surface area contributed by atoms with Crippen LogP contribution >= 0.6 is 0 Å². The molecule has 0 bridgehead atoms. The molecule has 0 N–H and O–H groups in total. The Morgan fingerprint density at radius 1 is 1.07 bits per heavy atom. The molecule has 5 heteroatoms. The summed E-state index contributed by atoms with van der Waals surface area (Å²) in [6.07, 6.45) is 5.03. The summed E-state index contributed by atoms with van der Waals surface area (Å²) in [5.74, 6) is 0.290. The van der Waals surface area contributed by atoms with E-state index in [1.807, 2.05) is 4.90 Å². The van der Waals surface area contributed by atoms with E-state index in [0.29, 0.717) is 18.9 Å². The number of rotatable bonds is 7. The van der Waals surface area contributed by atoms with Gasteiger partial charge in [-0.2, -0.15) is 0 Å².